The van der Waals surface area contributed by atoms with Gasteiger partial charge in [-0.05, 0) is 64.5 Å². The van der Waals surface area contributed by atoms with E-state index in [-0.39, 0.29) is 5.54 Å². The monoisotopic (exact) mass is 274 g/mol. The molecule has 1 aliphatic carbocycles. The Kier molecular flexibility index (Phi) is 4.87. The fourth-order valence-corrected chi connectivity index (χ4v) is 3.96. The zero-order valence-corrected chi connectivity index (χ0v) is 13.8. The van der Waals surface area contributed by atoms with E-state index in [0.29, 0.717) is 6.04 Å². The van der Waals surface area contributed by atoms with Gasteiger partial charge in [-0.3, -0.25) is 0 Å². The topological polar surface area (TPSA) is 15.3 Å². The average Bonchev–Trinajstić information content (AvgIpc) is 2.45. The highest BCUT2D eigenvalue weighted by molar-refractivity contribution is 5.37. The fraction of sp³-hybridized carbons (Fsp3) is 0.667. The third-order valence-corrected chi connectivity index (χ3v) is 5.39. The van der Waals surface area contributed by atoms with Crippen LogP contribution in [0.25, 0.3) is 0 Å². The Labute approximate surface area is 124 Å². The van der Waals surface area contributed by atoms with E-state index >= 15 is 0 Å². The maximum Gasteiger partial charge on any atom is 0.0507 e. The molecule has 1 fully saturated rings. The number of aryl methyl sites for hydroxylation is 1. The van der Waals surface area contributed by atoms with Crippen LogP contribution in [0.1, 0.15) is 54.8 Å². The molecule has 1 N–H and O–H groups in total. The summed E-state index contributed by atoms with van der Waals surface area (Å²) in [4.78, 5) is 2.47. The summed E-state index contributed by atoms with van der Waals surface area (Å²) >= 11 is 0. The van der Waals surface area contributed by atoms with Gasteiger partial charge in [0.25, 0.3) is 0 Å². The van der Waals surface area contributed by atoms with E-state index in [0.717, 1.165) is 0 Å². The van der Waals surface area contributed by atoms with Crippen molar-refractivity contribution in [2.24, 2.45) is 0 Å². The van der Waals surface area contributed by atoms with Gasteiger partial charge in [-0.2, -0.15) is 0 Å². The summed E-state index contributed by atoms with van der Waals surface area (Å²) in [5.41, 5.74) is 4.57. The predicted molar refractivity (Wildman–Crippen MR) is 87.2 cm³/mol. The molecule has 1 atom stereocenters. The molecule has 112 valence electrons. The summed E-state index contributed by atoms with van der Waals surface area (Å²) in [7, 11) is 6.62. The summed E-state index contributed by atoms with van der Waals surface area (Å²) in [5, 5.41) is 3.64. The zero-order chi connectivity index (χ0) is 14.8. The number of benzene rings is 1. The maximum absolute atomic E-state index is 3.64. The van der Waals surface area contributed by atoms with Crippen molar-refractivity contribution in [2.75, 3.05) is 21.1 Å². The molecule has 0 heterocycles. The Bertz CT molecular complexity index is 445. The van der Waals surface area contributed by atoms with E-state index in [1.165, 1.54) is 48.8 Å². The van der Waals surface area contributed by atoms with E-state index in [4.69, 9.17) is 0 Å². The lowest BCUT2D eigenvalue weighted by Crippen LogP contribution is -2.54. The summed E-state index contributed by atoms with van der Waals surface area (Å²) in [6, 6.07) is 7.14. The fourth-order valence-electron chi connectivity index (χ4n) is 3.96. The first-order chi connectivity index (χ1) is 9.53. The molecule has 1 aromatic carbocycles. The maximum atomic E-state index is 3.64. The van der Waals surface area contributed by atoms with Crippen molar-refractivity contribution in [1.29, 1.82) is 0 Å². The van der Waals surface area contributed by atoms with Crippen molar-refractivity contribution >= 4 is 0 Å². The normalized spacial score (nSPS) is 20.1. The Hall–Kier alpha value is -0.860. The van der Waals surface area contributed by atoms with Crippen LogP contribution in [0.3, 0.4) is 0 Å². The highest BCUT2D eigenvalue weighted by Crippen LogP contribution is 2.42. The second kappa shape index (κ2) is 6.28. The lowest BCUT2D eigenvalue weighted by atomic mass is 9.72. The van der Waals surface area contributed by atoms with Gasteiger partial charge in [0, 0.05) is 5.54 Å². The van der Waals surface area contributed by atoms with E-state index in [2.05, 4.69) is 63.4 Å². The molecule has 2 rings (SSSR count). The minimum atomic E-state index is 0.256. The minimum Gasteiger partial charge on any atom is -0.311 e. The number of nitrogens with one attached hydrogen (secondary N) is 1. The van der Waals surface area contributed by atoms with Crippen molar-refractivity contribution in [3.63, 3.8) is 0 Å². The summed E-state index contributed by atoms with van der Waals surface area (Å²) < 4.78 is 0. The molecule has 1 unspecified atom stereocenters. The molecular formula is C18H30N2. The lowest BCUT2D eigenvalue weighted by Gasteiger charge is -2.49. The molecular weight excluding hydrogens is 244 g/mol. The van der Waals surface area contributed by atoms with Gasteiger partial charge in [0.15, 0.2) is 0 Å². The van der Waals surface area contributed by atoms with Crippen LogP contribution in [0.15, 0.2) is 18.2 Å². The van der Waals surface area contributed by atoms with Gasteiger partial charge in [0.05, 0.1) is 6.04 Å². The third kappa shape index (κ3) is 2.64. The van der Waals surface area contributed by atoms with Gasteiger partial charge >= 0.3 is 0 Å². The van der Waals surface area contributed by atoms with Crippen molar-refractivity contribution in [2.45, 2.75) is 57.5 Å². The molecule has 1 aliphatic rings. The Morgan fingerprint density at radius 3 is 2.30 bits per heavy atom. The van der Waals surface area contributed by atoms with Crippen LogP contribution in [0.2, 0.25) is 0 Å². The predicted octanol–water partition coefficient (Wildman–Crippen LogP) is 3.83. The van der Waals surface area contributed by atoms with Gasteiger partial charge in [-0.15, -0.1) is 0 Å². The van der Waals surface area contributed by atoms with Gasteiger partial charge < -0.3 is 10.2 Å². The third-order valence-electron chi connectivity index (χ3n) is 5.39. The largest absolute Gasteiger partial charge is 0.311 e. The SMILES string of the molecule is CNC(c1cccc(C)c1C)C1(N(C)C)CCCCC1. The highest BCUT2D eigenvalue weighted by Gasteiger charge is 2.42. The Balaban J connectivity index is 2.45. The van der Waals surface area contributed by atoms with Crippen LogP contribution < -0.4 is 5.32 Å². The van der Waals surface area contributed by atoms with Gasteiger partial charge in [-0.1, -0.05) is 37.5 Å². The van der Waals surface area contributed by atoms with Crippen LogP contribution >= 0.6 is 0 Å². The lowest BCUT2D eigenvalue weighted by molar-refractivity contribution is 0.0592. The second-order valence-electron chi connectivity index (χ2n) is 6.57. The molecule has 2 nitrogen and oxygen atoms in total. The van der Waals surface area contributed by atoms with E-state index in [1.807, 2.05) is 0 Å². The molecule has 1 saturated carbocycles. The number of rotatable bonds is 4. The van der Waals surface area contributed by atoms with Crippen LogP contribution in [-0.2, 0) is 0 Å². The number of hydrogen-bond acceptors (Lipinski definition) is 2. The molecule has 0 amide bonds. The summed E-state index contributed by atoms with van der Waals surface area (Å²) in [6.45, 7) is 4.48. The van der Waals surface area contributed by atoms with Crippen LogP contribution in [0, 0.1) is 13.8 Å². The smallest absolute Gasteiger partial charge is 0.0507 e. The standard InChI is InChI=1S/C18H30N2/c1-14-10-9-11-16(15(14)2)17(19-3)18(20(4)5)12-7-6-8-13-18/h9-11,17,19H,6-8,12-13H2,1-5H3. The van der Waals surface area contributed by atoms with Gasteiger partial charge in [0.2, 0.25) is 0 Å². The first-order valence-electron chi connectivity index (χ1n) is 7.94. The first kappa shape index (κ1) is 15.5. The quantitative estimate of drug-likeness (QED) is 0.897. The van der Waals surface area contributed by atoms with Crippen LogP contribution in [0.5, 0.6) is 0 Å². The minimum absolute atomic E-state index is 0.256. The van der Waals surface area contributed by atoms with E-state index in [9.17, 15) is 0 Å². The van der Waals surface area contributed by atoms with Crippen LogP contribution in [0.4, 0.5) is 0 Å². The molecule has 0 radical (unpaired) electrons. The van der Waals surface area contributed by atoms with Crippen molar-refractivity contribution in [1.82, 2.24) is 10.2 Å². The molecule has 0 bridgehead atoms. The van der Waals surface area contributed by atoms with Crippen molar-refractivity contribution in [3.05, 3.63) is 34.9 Å². The summed E-state index contributed by atoms with van der Waals surface area (Å²) in [6.07, 6.45) is 6.67. The van der Waals surface area contributed by atoms with E-state index in [1.54, 1.807) is 0 Å². The average molecular weight is 274 g/mol. The number of nitrogens with zero attached hydrogens (tertiary/aromatic N) is 1. The Morgan fingerprint density at radius 1 is 1.10 bits per heavy atom. The molecule has 0 saturated heterocycles. The number of hydrogen-bond donors (Lipinski definition) is 1. The van der Waals surface area contributed by atoms with E-state index < -0.39 is 0 Å². The van der Waals surface area contributed by atoms with Crippen molar-refractivity contribution < 1.29 is 0 Å². The zero-order valence-electron chi connectivity index (χ0n) is 13.8. The summed E-state index contributed by atoms with van der Waals surface area (Å²) in [5.74, 6) is 0. The molecule has 2 heteroatoms. The highest BCUT2D eigenvalue weighted by atomic mass is 15.2. The second-order valence-corrected chi connectivity index (χ2v) is 6.57. The first-order valence-corrected chi connectivity index (χ1v) is 7.94. The molecule has 20 heavy (non-hydrogen) atoms. The van der Waals surface area contributed by atoms with Crippen LogP contribution in [-0.4, -0.2) is 31.6 Å². The molecule has 0 aromatic heterocycles. The Morgan fingerprint density at radius 2 is 1.75 bits per heavy atom. The van der Waals surface area contributed by atoms with Gasteiger partial charge in [-0.25, -0.2) is 0 Å². The molecule has 0 spiro atoms. The molecule has 0 aliphatic heterocycles. The molecule has 1 aromatic rings. The van der Waals surface area contributed by atoms with Gasteiger partial charge in [0.1, 0.15) is 0 Å². The van der Waals surface area contributed by atoms with Crippen molar-refractivity contribution in [3.8, 4) is 0 Å². The number of likely N-dealkylation sites (N-methyl/N-ethyl adjacent to an activating group) is 2.